The molecule has 1 aromatic rings. The number of nitrogens with zero attached hydrogens (tertiary/aromatic N) is 1. The number of β-amino-alcohol motifs (C(OH)–C–C–N with tert-alkyl or cyclic N) is 1. The van der Waals surface area contributed by atoms with Crippen molar-refractivity contribution in [3.05, 3.63) is 35.9 Å². The van der Waals surface area contributed by atoms with Crippen LogP contribution in [-0.2, 0) is 20.8 Å². The van der Waals surface area contributed by atoms with E-state index in [0.29, 0.717) is 12.8 Å². The first-order valence-corrected chi connectivity index (χ1v) is 7.97. The third kappa shape index (κ3) is 4.55. The predicted molar refractivity (Wildman–Crippen MR) is 87.7 cm³/mol. The van der Waals surface area contributed by atoms with Crippen molar-refractivity contribution in [1.29, 1.82) is 0 Å². The van der Waals surface area contributed by atoms with Crippen molar-refractivity contribution in [1.82, 2.24) is 10.2 Å². The molecule has 0 unspecified atom stereocenters. The molecule has 4 N–H and O–H groups in total. The second kappa shape index (κ2) is 7.92. The second-order valence-electron chi connectivity index (χ2n) is 6.06. The van der Waals surface area contributed by atoms with Gasteiger partial charge in [0.2, 0.25) is 17.7 Å². The van der Waals surface area contributed by atoms with Crippen LogP contribution in [-0.4, -0.2) is 52.5 Å². The fourth-order valence-corrected chi connectivity index (χ4v) is 2.92. The molecule has 1 fully saturated rings. The Morgan fingerprint density at radius 2 is 2.00 bits per heavy atom. The molecule has 24 heavy (non-hydrogen) atoms. The minimum Gasteiger partial charge on any atom is -0.391 e. The van der Waals surface area contributed by atoms with E-state index in [4.69, 9.17) is 5.73 Å². The molecular weight excluding hydrogens is 310 g/mol. The zero-order valence-corrected chi connectivity index (χ0v) is 13.6. The summed E-state index contributed by atoms with van der Waals surface area (Å²) in [5.41, 5.74) is 6.43. The van der Waals surface area contributed by atoms with E-state index in [-0.39, 0.29) is 18.9 Å². The van der Waals surface area contributed by atoms with E-state index in [9.17, 15) is 19.5 Å². The lowest BCUT2D eigenvalue weighted by molar-refractivity contribution is -0.138. The molecule has 1 aromatic carbocycles. The fourth-order valence-electron chi connectivity index (χ4n) is 2.92. The van der Waals surface area contributed by atoms with Crippen molar-refractivity contribution >= 4 is 17.7 Å². The third-order valence-electron chi connectivity index (χ3n) is 4.21. The van der Waals surface area contributed by atoms with E-state index in [2.05, 4.69) is 5.32 Å². The maximum absolute atomic E-state index is 12.4. The number of aliphatic hydroxyl groups is 1. The molecule has 1 heterocycles. The van der Waals surface area contributed by atoms with E-state index in [1.54, 1.807) is 0 Å². The molecule has 0 radical (unpaired) electrons. The molecule has 0 saturated carbocycles. The van der Waals surface area contributed by atoms with Gasteiger partial charge in [-0.1, -0.05) is 30.3 Å². The van der Waals surface area contributed by atoms with Gasteiger partial charge in [0.25, 0.3) is 0 Å². The van der Waals surface area contributed by atoms with Crippen LogP contribution in [0.5, 0.6) is 0 Å². The number of rotatable bonds is 6. The quantitative estimate of drug-likeness (QED) is 0.655. The molecule has 1 saturated heterocycles. The lowest BCUT2D eigenvalue weighted by atomic mass is 10.0. The first-order valence-electron chi connectivity index (χ1n) is 7.97. The maximum atomic E-state index is 12.4. The van der Waals surface area contributed by atoms with Crippen LogP contribution < -0.4 is 11.1 Å². The average molecular weight is 333 g/mol. The number of amides is 3. The minimum atomic E-state index is -0.816. The number of nitrogens with two attached hydrogens (primary N) is 1. The summed E-state index contributed by atoms with van der Waals surface area (Å²) in [6.07, 6.45) is 0.398. The predicted octanol–water partition coefficient (Wildman–Crippen LogP) is -0.429. The second-order valence-corrected chi connectivity index (χ2v) is 6.06. The molecule has 1 aliphatic rings. The molecule has 3 amide bonds. The van der Waals surface area contributed by atoms with Gasteiger partial charge in [0, 0.05) is 19.9 Å². The number of hydrogen-bond donors (Lipinski definition) is 3. The normalized spacial score (nSPS) is 21.3. The number of benzene rings is 1. The topological polar surface area (TPSA) is 113 Å². The van der Waals surface area contributed by atoms with Crippen molar-refractivity contribution in [2.75, 3.05) is 6.54 Å². The van der Waals surface area contributed by atoms with Gasteiger partial charge in [-0.2, -0.15) is 0 Å². The first-order chi connectivity index (χ1) is 11.4. The molecule has 7 heteroatoms. The maximum Gasteiger partial charge on any atom is 0.243 e. The average Bonchev–Trinajstić information content (AvgIpc) is 2.94. The Morgan fingerprint density at radius 3 is 2.58 bits per heavy atom. The highest BCUT2D eigenvalue weighted by atomic mass is 16.3. The summed E-state index contributed by atoms with van der Waals surface area (Å²) < 4.78 is 0. The van der Waals surface area contributed by atoms with Crippen molar-refractivity contribution in [2.24, 2.45) is 5.73 Å². The van der Waals surface area contributed by atoms with Gasteiger partial charge in [0.1, 0.15) is 12.1 Å². The number of likely N-dealkylation sites (tertiary alicyclic amines) is 1. The van der Waals surface area contributed by atoms with Crippen LogP contribution in [0.4, 0.5) is 0 Å². The molecule has 2 rings (SSSR count). The van der Waals surface area contributed by atoms with Gasteiger partial charge in [-0.3, -0.25) is 14.4 Å². The van der Waals surface area contributed by atoms with Gasteiger partial charge < -0.3 is 21.1 Å². The first kappa shape index (κ1) is 17.9. The lowest BCUT2D eigenvalue weighted by Crippen LogP contribution is -2.52. The molecule has 0 bridgehead atoms. The molecule has 0 aliphatic carbocycles. The van der Waals surface area contributed by atoms with Crippen LogP contribution in [0.1, 0.15) is 25.3 Å². The lowest BCUT2D eigenvalue weighted by Gasteiger charge is -2.24. The summed E-state index contributed by atoms with van der Waals surface area (Å²) in [5.74, 6) is -1.36. The summed E-state index contributed by atoms with van der Waals surface area (Å²) in [5, 5.41) is 12.3. The Labute approximate surface area is 140 Å². The molecule has 3 atom stereocenters. The third-order valence-corrected chi connectivity index (χ3v) is 4.21. The summed E-state index contributed by atoms with van der Waals surface area (Å²) in [7, 11) is 0. The van der Waals surface area contributed by atoms with Crippen molar-refractivity contribution in [3.63, 3.8) is 0 Å². The summed E-state index contributed by atoms with van der Waals surface area (Å²) in [6, 6.07) is 7.99. The fraction of sp³-hybridized carbons (Fsp3) is 0.471. The van der Waals surface area contributed by atoms with Crippen LogP contribution >= 0.6 is 0 Å². The van der Waals surface area contributed by atoms with Gasteiger partial charge >= 0.3 is 0 Å². The Kier molecular flexibility index (Phi) is 5.92. The number of hydrogen-bond acceptors (Lipinski definition) is 4. The van der Waals surface area contributed by atoms with Crippen molar-refractivity contribution in [3.8, 4) is 0 Å². The zero-order valence-electron chi connectivity index (χ0n) is 13.6. The van der Waals surface area contributed by atoms with E-state index in [1.165, 1.54) is 11.8 Å². The summed E-state index contributed by atoms with van der Waals surface area (Å²) >= 11 is 0. The van der Waals surface area contributed by atoms with Gasteiger partial charge in [-0.15, -0.1) is 0 Å². The van der Waals surface area contributed by atoms with Crippen LogP contribution in [0.15, 0.2) is 30.3 Å². The highest BCUT2D eigenvalue weighted by Crippen LogP contribution is 2.18. The van der Waals surface area contributed by atoms with E-state index in [1.807, 2.05) is 30.3 Å². The molecule has 130 valence electrons. The Bertz CT molecular complexity index is 605. The van der Waals surface area contributed by atoms with Crippen molar-refractivity contribution in [2.45, 2.75) is 44.4 Å². The van der Waals surface area contributed by atoms with E-state index in [0.717, 1.165) is 5.56 Å². The van der Waals surface area contributed by atoms with Crippen LogP contribution in [0.25, 0.3) is 0 Å². The van der Waals surface area contributed by atoms with E-state index < -0.39 is 30.0 Å². The number of carbonyl (C=O) groups is 3. The standard InChI is InChI=1S/C17H23N3O4/c1-11(21)20-10-13(22)9-15(20)17(24)19-14(16(18)23)8-7-12-5-3-2-4-6-12/h2-6,13-15,22H,7-10H2,1H3,(H2,18,23)(H,19,24)/t13-,14+,15+/m1/s1. The van der Waals surface area contributed by atoms with Gasteiger partial charge in [-0.05, 0) is 18.4 Å². The van der Waals surface area contributed by atoms with E-state index >= 15 is 0 Å². The SMILES string of the molecule is CC(=O)N1C[C@H](O)C[C@H]1C(=O)N[C@@H](CCc1ccccc1)C(N)=O. The smallest absolute Gasteiger partial charge is 0.243 e. The Morgan fingerprint density at radius 1 is 1.33 bits per heavy atom. The van der Waals surface area contributed by atoms with Gasteiger partial charge in [-0.25, -0.2) is 0 Å². The summed E-state index contributed by atoms with van der Waals surface area (Å²) in [4.78, 5) is 36.9. The monoisotopic (exact) mass is 333 g/mol. The molecule has 0 spiro atoms. The molecular formula is C17H23N3O4. The number of aliphatic hydroxyl groups excluding tert-OH is 1. The highest BCUT2D eigenvalue weighted by molar-refractivity contribution is 5.91. The molecule has 0 aromatic heterocycles. The zero-order chi connectivity index (χ0) is 17.7. The number of primary amides is 1. The molecule has 1 aliphatic heterocycles. The minimum absolute atomic E-state index is 0.124. The van der Waals surface area contributed by atoms with Crippen molar-refractivity contribution < 1.29 is 19.5 Å². The highest BCUT2D eigenvalue weighted by Gasteiger charge is 2.38. The number of aryl methyl sites for hydroxylation is 1. The molecule has 7 nitrogen and oxygen atoms in total. The van der Waals surface area contributed by atoms with Crippen LogP contribution in [0.3, 0.4) is 0 Å². The Hall–Kier alpha value is -2.41. The summed E-state index contributed by atoms with van der Waals surface area (Å²) in [6.45, 7) is 1.47. The number of carbonyl (C=O) groups excluding carboxylic acids is 3. The Balaban J connectivity index is 1.98. The van der Waals surface area contributed by atoms with Gasteiger partial charge in [0.15, 0.2) is 0 Å². The van der Waals surface area contributed by atoms with Gasteiger partial charge in [0.05, 0.1) is 6.10 Å². The van der Waals surface area contributed by atoms with Crippen LogP contribution in [0.2, 0.25) is 0 Å². The largest absolute Gasteiger partial charge is 0.391 e. The number of nitrogens with one attached hydrogen (secondary N) is 1. The van der Waals surface area contributed by atoms with Crippen LogP contribution in [0, 0.1) is 0 Å².